The third-order valence-corrected chi connectivity index (χ3v) is 3.07. The molecule has 1 fully saturated rings. The summed E-state index contributed by atoms with van der Waals surface area (Å²) < 4.78 is 0. The van der Waals surface area contributed by atoms with Gasteiger partial charge in [-0.1, -0.05) is 27.2 Å². The van der Waals surface area contributed by atoms with Crippen LogP contribution in [0.2, 0.25) is 0 Å². The lowest BCUT2D eigenvalue weighted by atomic mass is 9.74. The van der Waals surface area contributed by atoms with Crippen molar-refractivity contribution >= 4 is 0 Å². The van der Waals surface area contributed by atoms with E-state index in [1.54, 1.807) is 0 Å². The number of hydrogen-bond acceptors (Lipinski definition) is 1. The lowest BCUT2D eigenvalue weighted by molar-refractivity contribution is 0.199. The molecule has 0 heterocycles. The first-order valence-corrected chi connectivity index (χ1v) is 4.87. The van der Waals surface area contributed by atoms with Crippen LogP contribution in [-0.2, 0) is 0 Å². The van der Waals surface area contributed by atoms with Gasteiger partial charge in [0.25, 0.3) is 0 Å². The van der Waals surface area contributed by atoms with Gasteiger partial charge in [-0.25, -0.2) is 0 Å². The Balaban J connectivity index is 2.44. The minimum absolute atomic E-state index is 0.471. The van der Waals surface area contributed by atoms with Crippen molar-refractivity contribution in [2.24, 2.45) is 23.5 Å². The lowest BCUT2D eigenvalue weighted by Crippen LogP contribution is -2.38. The van der Waals surface area contributed by atoms with Crippen LogP contribution in [-0.4, -0.2) is 6.04 Å². The van der Waals surface area contributed by atoms with Crippen LogP contribution in [0.4, 0.5) is 0 Å². The normalized spacial score (nSPS) is 39.5. The zero-order chi connectivity index (χ0) is 8.43. The number of nitrogens with two attached hydrogens (primary N) is 1. The molecule has 66 valence electrons. The molecule has 1 nitrogen and oxygen atoms in total. The minimum Gasteiger partial charge on any atom is -0.327 e. The Bertz CT molecular complexity index is 120. The summed E-state index contributed by atoms with van der Waals surface area (Å²) in [4.78, 5) is 0. The second-order valence-corrected chi connectivity index (χ2v) is 4.49. The summed E-state index contributed by atoms with van der Waals surface area (Å²) in [5.74, 6) is 2.42. The smallest absolute Gasteiger partial charge is 0.00721 e. The van der Waals surface area contributed by atoms with Gasteiger partial charge in [0.05, 0.1) is 0 Å². The van der Waals surface area contributed by atoms with Crippen LogP contribution in [0.1, 0.15) is 40.0 Å². The predicted octanol–water partition coefficient (Wildman–Crippen LogP) is 2.41. The largest absolute Gasteiger partial charge is 0.327 e. The van der Waals surface area contributed by atoms with Crippen LogP contribution in [0, 0.1) is 17.8 Å². The van der Waals surface area contributed by atoms with Gasteiger partial charge in [0, 0.05) is 6.04 Å². The molecule has 1 aliphatic rings. The van der Waals surface area contributed by atoms with E-state index >= 15 is 0 Å². The third-order valence-electron chi connectivity index (χ3n) is 3.07. The Morgan fingerprint density at radius 3 is 2.36 bits per heavy atom. The molecule has 3 atom stereocenters. The molecule has 0 saturated heterocycles. The molecule has 0 spiro atoms. The molecule has 0 aromatic heterocycles. The molecule has 0 bridgehead atoms. The Hall–Kier alpha value is -0.0400. The second-order valence-electron chi connectivity index (χ2n) is 4.49. The summed E-state index contributed by atoms with van der Waals surface area (Å²) in [7, 11) is 0. The van der Waals surface area contributed by atoms with Gasteiger partial charge in [-0.15, -0.1) is 0 Å². The fourth-order valence-corrected chi connectivity index (χ4v) is 2.28. The van der Waals surface area contributed by atoms with Crippen molar-refractivity contribution in [1.82, 2.24) is 0 Å². The first-order valence-electron chi connectivity index (χ1n) is 4.87. The molecule has 1 aliphatic carbocycles. The first-order chi connectivity index (χ1) is 5.11. The molecule has 0 radical (unpaired) electrons. The van der Waals surface area contributed by atoms with Gasteiger partial charge >= 0.3 is 0 Å². The molecule has 0 aromatic carbocycles. The van der Waals surface area contributed by atoms with Crippen LogP contribution in [0.3, 0.4) is 0 Å². The zero-order valence-corrected chi connectivity index (χ0v) is 8.01. The van der Waals surface area contributed by atoms with Gasteiger partial charge in [-0.2, -0.15) is 0 Å². The number of hydrogen-bond donors (Lipinski definition) is 1. The Morgan fingerprint density at radius 2 is 1.91 bits per heavy atom. The zero-order valence-electron chi connectivity index (χ0n) is 8.01. The van der Waals surface area contributed by atoms with Crippen LogP contribution in [0.15, 0.2) is 0 Å². The van der Waals surface area contributed by atoms with Gasteiger partial charge in [0.15, 0.2) is 0 Å². The van der Waals surface area contributed by atoms with Crippen LogP contribution in [0.25, 0.3) is 0 Å². The third kappa shape index (κ3) is 2.19. The highest BCUT2D eigenvalue weighted by atomic mass is 14.7. The van der Waals surface area contributed by atoms with E-state index in [0.717, 1.165) is 17.8 Å². The van der Waals surface area contributed by atoms with Crippen molar-refractivity contribution in [2.45, 2.75) is 46.1 Å². The van der Waals surface area contributed by atoms with E-state index in [1.807, 2.05) is 0 Å². The molecule has 1 rings (SSSR count). The van der Waals surface area contributed by atoms with Crippen LogP contribution >= 0.6 is 0 Å². The Kier molecular flexibility index (Phi) is 2.94. The predicted molar refractivity (Wildman–Crippen MR) is 49.3 cm³/mol. The van der Waals surface area contributed by atoms with Crippen molar-refractivity contribution in [2.75, 3.05) is 0 Å². The molecular weight excluding hydrogens is 134 g/mol. The molecule has 0 aromatic rings. The van der Waals surface area contributed by atoms with Gasteiger partial charge in [-0.05, 0) is 30.6 Å². The molecule has 1 saturated carbocycles. The highest BCUT2D eigenvalue weighted by Crippen LogP contribution is 2.31. The lowest BCUT2D eigenvalue weighted by Gasteiger charge is -2.34. The van der Waals surface area contributed by atoms with E-state index in [-0.39, 0.29) is 0 Å². The van der Waals surface area contributed by atoms with E-state index in [2.05, 4.69) is 20.8 Å². The monoisotopic (exact) mass is 155 g/mol. The molecule has 11 heavy (non-hydrogen) atoms. The van der Waals surface area contributed by atoms with Gasteiger partial charge in [0.2, 0.25) is 0 Å². The Labute approximate surface area is 70.4 Å². The SMILES string of the molecule is CC(C)[C@H]1CC[C@H](C)C[C@@H]1N. The minimum atomic E-state index is 0.471. The summed E-state index contributed by atoms with van der Waals surface area (Å²) in [6.07, 6.45) is 3.97. The van der Waals surface area contributed by atoms with Crippen LogP contribution in [0.5, 0.6) is 0 Å². The Morgan fingerprint density at radius 1 is 1.27 bits per heavy atom. The van der Waals surface area contributed by atoms with Crippen molar-refractivity contribution in [3.8, 4) is 0 Å². The van der Waals surface area contributed by atoms with Gasteiger partial charge in [-0.3, -0.25) is 0 Å². The van der Waals surface area contributed by atoms with Crippen LogP contribution < -0.4 is 5.73 Å². The van der Waals surface area contributed by atoms with E-state index in [9.17, 15) is 0 Å². The van der Waals surface area contributed by atoms with Crippen molar-refractivity contribution < 1.29 is 0 Å². The fourth-order valence-electron chi connectivity index (χ4n) is 2.28. The molecule has 1 heteroatoms. The van der Waals surface area contributed by atoms with Crippen molar-refractivity contribution in [3.05, 3.63) is 0 Å². The molecule has 0 aliphatic heterocycles. The second kappa shape index (κ2) is 3.57. The summed E-state index contributed by atoms with van der Waals surface area (Å²) in [6.45, 7) is 6.90. The summed E-state index contributed by atoms with van der Waals surface area (Å²) in [5.41, 5.74) is 6.07. The van der Waals surface area contributed by atoms with Crippen molar-refractivity contribution in [3.63, 3.8) is 0 Å². The maximum Gasteiger partial charge on any atom is 0.00721 e. The number of rotatable bonds is 1. The van der Waals surface area contributed by atoms with E-state index in [0.29, 0.717) is 6.04 Å². The standard InChI is InChI=1S/C10H21N/c1-7(2)9-5-4-8(3)6-10(9)11/h7-10H,4-6,11H2,1-3H3/t8-,9+,10-/m0/s1. The molecule has 2 N–H and O–H groups in total. The van der Waals surface area contributed by atoms with Gasteiger partial charge < -0.3 is 5.73 Å². The highest BCUT2D eigenvalue weighted by molar-refractivity contribution is 4.82. The summed E-state index contributed by atoms with van der Waals surface area (Å²) in [6, 6.07) is 0.471. The molecule has 0 amide bonds. The van der Waals surface area contributed by atoms with E-state index < -0.39 is 0 Å². The maximum atomic E-state index is 6.07. The van der Waals surface area contributed by atoms with E-state index in [4.69, 9.17) is 5.73 Å². The van der Waals surface area contributed by atoms with Gasteiger partial charge in [0.1, 0.15) is 0 Å². The highest BCUT2D eigenvalue weighted by Gasteiger charge is 2.27. The first kappa shape index (κ1) is 9.05. The van der Waals surface area contributed by atoms with E-state index in [1.165, 1.54) is 19.3 Å². The summed E-state index contributed by atoms with van der Waals surface area (Å²) >= 11 is 0. The average Bonchev–Trinajstić information content (AvgIpc) is 1.85. The average molecular weight is 155 g/mol. The topological polar surface area (TPSA) is 26.0 Å². The van der Waals surface area contributed by atoms with Crippen molar-refractivity contribution in [1.29, 1.82) is 0 Å². The molecule has 0 unspecified atom stereocenters. The summed E-state index contributed by atoms with van der Waals surface area (Å²) in [5, 5.41) is 0. The maximum absolute atomic E-state index is 6.07. The fraction of sp³-hybridized carbons (Fsp3) is 1.00. The molecular formula is C10H21N. The quantitative estimate of drug-likeness (QED) is 0.618.